The molecule has 1 aromatic rings. The molecule has 1 aliphatic rings. The van der Waals surface area contributed by atoms with Crippen molar-refractivity contribution in [3.05, 3.63) is 29.6 Å². The van der Waals surface area contributed by atoms with Gasteiger partial charge in [-0.05, 0) is 30.4 Å². The molecule has 1 saturated heterocycles. The molecule has 1 fully saturated rings. The van der Waals surface area contributed by atoms with E-state index in [1.807, 2.05) is 17.8 Å². The van der Waals surface area contributed by atoms with Crippen molar-refractivity contribution >= 4 is 34.7 Å². The van der Waals surface area contributed by atoms with Crippen LogP contribution >= 0.6 is 24.0 Å². The highest BCUT2D eigenvalue weighted by atomic mass is 32.2. The van der Waals surface area contributed by atoms with E-state index in [1.165, 1.54) is 11.8 Å². The zero-order chi connectivity index (χ0) is 12.3. The molecule has 0 amide bonds. The Kier molecular flexibility index (Phi) is 4.23. The van der Waals surface area contributed by atoms with Crippen LogP contribution in [0, 0.1) is 5.82 Å². The van der Waals surface area contributed by atoms with Crippen molar-refractivity contribution in [2.75, 3.05) is 29.5 Å². The average molecular weight is 270 g/mol. The van der Waals surface area contributed by atoms with E-state index >= 15 is 0 Å². The van der Waals surface area contributed by atoms with E-state index in [4.69, 9.17) is 18.0 Å². The van der Waals surface area contributed by atoms with Gasteiger partial charge in [0.1, 0.15) is 10.8 Å². The molecule has 0 bridgehead atoms. The highest BCUT2D eigenvalue weighted by Crippen LogP contribution is 2.21. The van der Waals surface area contributed by atoms with Crippen molar-refractivity contribution in [2.45, 2.75) is 6.42 Å². The summed E-state index contributed by atoms with van der Waals surface area (Å²) in [5, 5.41) is 0. The van der Waals surface area contributed by atoms with Gasteiger partial charge in [0.15, 0.2) is 0 Å². The number of nitrogens with zero attached hydrogens (tertiary/aromatic N) is 1. The van der Waals surface area contributed by atoms with Crippen LogP contribution in [0.1, 0.15) is 12.0 Å². The Balaban J connectivity index is 2.21. The Morgan fingerprint density at radius 2 is 2.18 bits per heavy atom. The van der Waals surface area contributed by atoms with Crippen LogP contribution in [0.4, 0.5) is 10.1 Å². The minimum absolute atomic E-state index is 0.112. The van der Waals surface area contributed by atoms with Gasteiger partial charge >= 0.3 is 0 Å². The Morgan fingerprint density at radius 3 is 2.88 bits per heavy atom. The van der Waals surface area contributed by atoms with Gasteiger partial charge in [0.2, 0.25) is 0 Å². The van der Waals surface area contributed by atoms with E-state index in [2.05, 4.69) is 4.90 Å². The molecule has 0 saturated carbocycles. The van der Waals surface area contributed by atoms with Crippen LogP contribution in [-0.2, 0) is 0 Å². The highest BCUT2D eigenvalue weighted by molar-refractivity contribution is 7.99. The van der Waals surface area contributed by atoms with Crippen LogP contribution in [-0.4, -0.2) is 29.6 Å². The standard InChI is InChI=1S/C12H15FN2S2/c13-11-8-9(2-3-10(11)12(14)16)15-4-1-6-17-7-5-15/h2-3,8H,1,4-7H2,(H2,14,16). The first kappa shape index (κ1) is 12.6. The SMILES string of the molecule is NC(=S)c1ccc(N2CCCSCC2)cc1F. The third-order valence-electron chi connectivity index (χ3n) is 2.81. The first-order valence-electron chi connectivity index (χ1n) is 5.60. The molecule has 92 valence electrons. The van der Waals surface area contributed by atoms with Crippen LogP contribution in [0.2, 0.25) is 0 Å². The summed E-state index contributed by atoms with van der Waals surface area (Å²) < 4.78 is 13.8. The summed E-state index contributed by atoms with van der Waals surface area (Å²) in [4.78, 5) is 2.33. The smallest absolute Gasteiger partial charge is 0.135 e. The van der Waals surface area contributed by atoms with E-state index in [-0.39, 0.29) is 10.8 Å². The van der Waals surface area contributed by atoms with Crippen LogP contribution < -0.4 is 10.6 Å². The number of hydrogen-bond donors (Lipinski definition) is 1. The van der Waals surface area contributed by atoms with Gasteiger partial charge in [0, 0.05) is 30.1 Å². The van der Waals surface area contributed by atoms with Gasteiger partial charge in [-0.3, -0.25) is 0 Å². The molecular weight excluding hydrogens is 255 g/mol. The lowest BCUT2D eigenvalue weighted by Crippen LogP contribution is -2.25. The molecule has 0 spiro atoms. The van der Waals surface area contributed by atoms with Crippen molar-refractivity contribution < 1.29 is 4.39 Å². The first-order chi connectivity index (χ1) is 8.18. The number of halogens is 1. The Bertz CT molecular complexity index is 415. The van der Waals surface area contributed by atoms with Crippen LogP contribution in [0.3, 0.4) is 0 Å². The Morgan fingerprint density at radius 1 is 1.35 bits per heavy atom. The minimum atomic E-state index is -0.327. The lowest BCUT2D eigenvalue weighted by Gasteiger charge is -2.22. The third-order valence-corrected chi connectivity index (χ3v) is 4.07. The van der Waals surface area contributed by atoms with Crippen molar-refractivity contribution in [1.82, 2.24) is 0 Å². The van der Waals surface area contributed by atoms with Gasteiger partial charge in [0.25, 0.3) is 0 Å². The monoisotopic (exact) mass is 270 g/mol. The maximum absolute atomic E-state index is 13.8. The lowest BCUT2D eigenvalue weighted by molar-refractivity contribution is 0.624. The second-order valence-corrected chi connectivity index (χ2v) is 5.65. The number of thioether (sulfide) groups is 1. The van der Waals surface area contributed by atoms with E-state index in [0.717, 1.165) is 31.0 Å². The summed E-state index contributed by atoms with van der Waals surface area (Å²) in [5.41, 5.74) is 6.69. The third kappa shape index (κ3) is 3.10. The van der Waals surface area contributed by atoms with Gasteiger partial charge in [-0.2, -0.15) is 11.8 Å². The molecule has 0 aliphatic carbocycles. The molecule has 2 nitrogen and oxygen atoms in total. The molecule has 1 heterocycles. The largest absolute Gasteiger partial charge is 0.389 e. The van der Waals surface area contributed by atoms with Crippen molar-refractivity contribution in [1.29, 1.82) is 0 Å². The molecule has 1 aromatic carbocycles. The van der Waals surface area contributed by atoms with Crippen molar-refractivity contribution in [3.8, 4) is 0 Å². The number of benzene rings is 1. The van der Waals surface area contributed by atoms with Crippen LogP contribution in [0.15, 0.2) is 18.2 Å². The number of rotatable bonds is 2. The first-order valence-corrected chi connectivity index (χ1v) is 7.17. The molecule has 2 rings (SSSR count). The van der Waals surface area contributed by atoms with E-state index < -0.39 is 0 Å². The van der Waals surface area contributed by atoms with Crippen molar-refractivity contribution in [2.24, 2.45) is 5.73 Å². The molecule has 5 heteroatoms. The molecule has 0 aromatic heterocycles. The molecule has 2 N–H and O–H groups in total. The highest BCUT2D eigenvalue weighted by Gasteiger charge is 2.12. The summed E-state index contributed by atoms with van der Waals surface area (Å²) >= 11 is 6.74. The lowest BCUT2D eigenvalue weighted by atomic mass is 10.1. The number of anilines is 1. The predicted molar refractivity (Wildman–Crippen MR) is 76.4 cm³/mol. The molecule has 0 radical (unpaired) electrons. The summed E-state index contributed by atoms with van der Waals surface area (Å²) in [6, 6.07) is 5.10. The molecule has 0 atom stereocenters. The van der Waals surface area contributed by atoms with E-state index in [1.54, 1.807) is 6.07 Å². The summed E-state index contributed by atoms with van der Waals surface area (Å²) in [6.07, 6.45) is 1.14. The number of hydrogen-bond acceptors (Lipinski definition) is 3. The number of nitrogens with two attached hydrogens (primary N) is 1. The minimum Gasteiger partial charge on any atom is -0.389 e. The zero-order valence-corrected chi connectivity index (χ0v) is 11.1. The predicted octanol–water partition coefficient (Wildman–Crippen LogP) is 2.40. The van der Waals surface area contributed by atoms with E-state index in [0.29, 0.717) is 5.56 Å². The van der Waals surface area contributed by atoms with Crippen molar-refractivity contribution in [3.63, 3.8) is 0 Å². The number of thiocarbonyl (C=S) groups is 1. The second-order valence-electron chi connectivity index (χ2n) is 3.98. The van der Waals surface area contributed by atoms with Gasteiger partial charge in [-0.1, -0.05) is 12.2 Å². The van der Waals surface area contributed by atoms with Gasteiger partial charge in [-0.25, -0.2) is 4.39 Å². The maximum atomic E-state index is 13.8. The fourth-order valence-electron chi connectivity index (χ4n) is 1.90. The van der Waals surface area contributed by atoms with Gasteiger partial charge in [-0.15, -0.1) is 0 Å². The summed E-state index contributed by atoms with van der Waals surface area (Å²) in [7, 11) is 0. The van der Waals surface area contributed by atoms with Crippen LogP contribution in [0.25, 0.3) is 0 Å². The quantitative estimate of drug-likeness (QED) is 0.836. The normalized spacial score (nSPS) is 16.6. The molecular formula is C12H15FN2S2. The molecule has 1 aliphatic heterocycles. The summed E-state index contributed by atoms with van der Waals surface area (Å²) in [6.45, 7) is 1.95. The topological polar surface area (TPSA) is 29.3 Å². The fourth-order valence-corrected chi connectivity index (χ4v) is 2.96. The van der Waals surface area contributed by atoms with E-state index in [9.17, 15) is 4.39 Å². The van der Waals surface area contributed by atoms with Crippen LogP contribution in [0.5, 0.6) is 0 Å². The van der Waals surface area contributed by atoms with Gasteiger partial charge < -0.3 is 10.6 Å². The molecule has 0 unspecified atom stereocenters. The Labute approximate surface area is 110 Å². The molecule has 17 heavy (non-hydrogen) atoms. The second kappa shape index (κ2) is 5.69. The van der Waals surface area contributed by atoms with Gasteiger partial charge in [0.05, 0.1) is 0 Å². The summed E-state index contributed by atoms with van der Waals surface area (Å²) in [5.74, 6) is 1.95. The zero-order valence-electron chi connectivity index (χ0n) is 9.49. The fraction of sp³-hybridized carbons (Fsp3) is 0.417. The maximum Gasteiger partial charge on any atom is 0.135 e. The average Bonchev–Trinajstić information content (AvgIpc) is 2.56. The Hall–Kier alpha value is -0.810.